The molecule has 1 saturated heterocycles. The van der Waals surface area contributed by atoms with Gasteiger partial charge in [0.05, 0.1) is 18.3 Å². The second kappa shape index (κ2) is 9.06. The van der Waals surface area contributed by atoms with Crippen LogP contribution in [0.5, 0.6) is 0 Å². The molecule has 154 valence electrons. The number of nitrogens with zero attached hydrogens (tertiary/aromatic N) is 4. The Morgan fingerprint density at radius 3 is 2.87 bits per heavy atom. The van der Waals surface area contributed by atoms with Crippen LogP contribution in [0.3, 0.4) is 0 Å². The number of rotatable bonds is 7. The van der Waals surface area contributed by atoms with Gasteiger partial charge in [-0.15, -0.1) is 0 Å². The van der Waals surface area contributed by atoms with Crippen LogP contribution >= 0.6 is 11.6 Å². The molecule has 9 heteroatoms. The van der Waals surface area contributed by atoms with Gasteiger partial charge in [0.15, 0.2) is 0 Å². The van der Waals surface area contributed by atoms with Gasteiger partial charge >= 0.3 is 6.09 Å². The van der Waals surface area contributed by atoms with Crippen molar-refractivity contribution in [3.63, 3.8) is 0 Å². The van der Waals surface area contributed by atoms with Crippen LogP contribution in [0, 0.1) is 0 Å². The summed E-state index contributed by atoms with van der Waals surface area (Å²) in [4.78, 5) is 26.5. The molecule has 0 radical (unpaired) electrons. The van der Waals surface area contributed by atoms with Crippen LogP contribution in [0.1, 0.15) is 12.5 Å². The van der Waals surface area contributed by atoms with Gasteiger partial charge < -0.3 is 14.8 Å². The maximum Gasteiger partial charge on any atom is 0.415 e. The number of carbonyl (C=O) groups is 1. The Balaban J connectivity index is 1.41. The smallest absolute Gasteiger partial charge is 0.415 e. The zero-order valence-corrected chi connectivity index (χ0v) is 17.0. The molecule has 0 bridgehead atoms. The van der Waals surface area contributed by atoms with E-state index >= 15 is 0 Å². The van der Waals surface area contributed by atoms with E-state index in [-0.39, 0.29) is 12.8 Å². The number of halogens is 1. The van der Waals surface area contributed by atoms with E-state index in [2.05, 4.69) is 20.3 Å². The molecule has 8 nitrogen and oxygen atoms in total. The minimum absolute atomic E-state index is 0.0712. The first-order valence-corrected chi connectivity index (χ1v) is 9.80. The van der Waals surface area contributed by atoms with Gasteiger partial charge in [0.25, 0.3) is 0 Å². The first kappa shape index (κ1) is 20.1. The van der Waals surface area contributed by atoms with E-state index in [0.717, 1.165) is 11.1 Å². The summed E-state index contributed by atoms with van der Waals surface area (Å²) in [6.45, 7) is 2.87. The second-order valence-corrected chi connectivity index (χ2v) is 7.13. The molecule has 1 aliphatic heterocycles. The lowest BCUT2D eigenvalue weighted by Gasteiger charge is -2.17. The van der Waals surface area contributed by atoms with Crippen molar-refractivity contribution in [2.24, 2.45) is 0 Å². The Morgan fingerprint density at radius 1 is 1.23 bits per heavy atom. The molecule has 1 unspecified atom stereocenters. The zero-order valence-electron chi connectivity index (χ0n) is 16.3. The molecule has 0 aliphatic carbocycles. The maximum absolute atomic E-state index is 12.0. The van der Waals surface area contributed by atoms with Gasteiger partial charge in [-0.2, -0.15) is 0 Å². The second-order valence-electron chi connectivity index (χ2n) is 6.73. The zero-order chi connectivity index (χ0) is 20.9. The number of hydrogen-bond donors (Lipinski definition) is 1. The van der Waals surface area contributed by atoms with E-state index in [9.17, 15) is 4.79 Å². The maximum atomic E-state index is 12.0. The minimum Gasteiger partial charge on any atom is -0.447 e. The van der Waals surface area contributed by atoms with E-state index in [4.69, 9.17) is 21.1 Å². The predicted octanol–water partition coefficient (Wildman–Crippen LogP) is 4.12. The average molecular weight is 426 g/mol. The number of carbonyl (C=O) groups excluding carboxylic acids is 1. The van der Waals surface area contributed by atoms with E-state index in [1.807, 2.05) is 43.3 Å². The van der Waals surface area contributed by atoms with E-state index in [0.29, 0.717) is 35.7 Å². The van der Waals surface area contributed by atoms with Gasteiger partial charge in [0.1, 0.15) is 19.2 Å². The molecule has 1 N–H and O–H groups in total. The Kier molecular flexibility index (Phi) is 6.06. The van der Waals surface area contributed by atoms with Crippen molar-refractivity contribution in [3.05, 3.63) is 65.4 Å². The van der Waals surface area contributed by atoms with Gasteiger partial charge in [-0.25, -0.2) is 19.7 Å². The molecular formula is C21H20ClN5O3. The lowest BCUT2D eigenvalue weighted by molar-refractivity contribution is 0.138. The third kappa shape index (κ3) is 4.50. The van der Waals surface area contributed by atoms with Crippen molar-refractivity contribution in [2.45, 2.75) is 19.6 Å². The van der Waals surface area contributed by atoms with Gasteiger partial charge in [0.2, 0.25) is 5.95 Å². The first-order chi connectivity index (χ1) is 14.6. The molecule has 1 amide bonds. The molecule has 1 aliphatic rings. The fraction of sp³-hybridized carbons (Fsp3) is 0.238. The summed E-state index contributed by atoms with van der Waals surface area (Å²) >= 11 is 6.12. The highest BCUT2D eigenvalue weighted by Crippen LogP contribution is 2.26. The average Bonchev–Trinajstić information content (AvgIpc) is 3.11. The number of hydrogen-bond acceptors (Lipinski definition) is 7. The Morgan fingerprint density at radius 2 is 2.07 bits per heavy atom. The lowest BCUT2D eigenvalue weighted by Crippen LogP contribution is -2.31. The normalized spacial score (nSPS) is 15.9. The molecule has 1 atom stereocenters. The van der Waals surface area contributed by atoms with Crippen molar-refractivity contribution in [2.75, 3.05) is 23.6 Å². The Bertz CT molecular complexity index is 1050. The molecule has 1 aromatic carbocycles. The van der Waals surface area contributed by atoms with E-state index in [1.54, 1.807) is 18.5 Å². The minimum atomic E-state index is -0.395. The van der Waals surface area contributed by atoms with Crippen LogP contribution in [0.4, 0.5) is 16.6 Å². The number of cyclic esters (lactones) is 1. The Hall–Kier alpha value is -3.23. The van der Waals surface area contributed by atoms with Crippen LogP contribution in [-0.2, 0) is 16.1 Å². The molecule has 3 heterocycles. The standard InChI is InChI=1S/C21H20ClN5O3/c1-14-11-30-21(28)27(14)19-10-15(6-8-23-19)18-7-9-24-20(26-18)25-13-29-12-16-4-2-3-5-17(16)22/h2-10,14H,11-13H2,1H3,(H,24,25,26). The van der Waals surface area contributed by atoms with Crippen molar-refractivity contribution in [3.8, 4) is 11.3 Å². The summed E-state index contributed by atoms with van der Waals surface area (Å²) in [5.41, 5.74) is 2.42. The van der Waals surface area contributed by atoms with Crippen LogP contribution in [0.25, 0.3) is 11.3 Å². The first-order valence-electron chi connectivity index (χ1n) is 9.42. The van der Waals surface area contributed by atoms with Crippen molar-refractivity contribution in [1.82, 2.24) is 15.0 Å². The Labute approximate surface area is 178 Å². The van der Waals surface area contributed by atoms with Crippen LogP contribution in [0.2, 0.25) is 5.02 Å². The van der Waals surface area contributed by atoms with Gasteiger partial charge in [0, 0.05) is 23.0 Å². The number of amides is 1. The topological polar surface area (TPSA) is 89.5 Å². The van der Waals surface area contributed by atoms with E-state index < -0.39 is 6.09 Å². The summed E-state index contributed by atoms with van der Waals surface area (Å²) < 4.78 is 10.7. The van der Waals surface area contributed by atoms with Gasteiger partial charge in [-0.3, -0.25) is 4.90 Å². The van der Waals surface area contributed by atoms with Crippen molar-refractivity contribution >= 4 is 29.5 Å². The highest BCUT2D eigenvalue weighted by molar-refractivity contribution is 6.31. The molecular weight excluding hydrogens is 406 g/mol. The van der Waals surface area contributed by atoms with Crippen LogP contribution in [-0.4, -0.2) is 40.4 Å². The number of aromatic nitrogens is 3. The van der Waals surface area contributed by atoms with Crippen LogP contribution < -0.4 is 10.2 Å². The SMILES string of the molecule is CC1COC(=O)N1c1cc(-c2ccnc(NCOCc3ccccc3Cl)n2)ccn1. The number of ether oxygens (including phenoxy) is 2. The summed E-state index contributed by atoms with van der Waals surface area (Å²) in [5, 5.41) is 3.71. The molecule has 3 aromatic rings. The van der Waals surface area contributed by atoms with E-state index in [1.165, 1.54) is 4.90 Å². The molecule has 2 aromatic heterocycles. The number of nitrogens with one attached hydrogen (secondary N) is 1. The molecule has 30 heavy (non-hydrogen) atoms. The fourth-order valence-electron chi connectivity index (χ4n) is 3.04. The molecule has 4 rings (SSSR count). The highest BCUT2D eigenvalue weighted by atomic mass is 35.5. The van der Waals surface area contributed by atoms with Gasteiger partial charge in [-0.1, -0.05) is 29.8 Å². The highest BCUT2D eigenvalue weighted by Gasteiger charge is 2.31. The third-order valence-corrected chi connectivity index (χ3v) is 4.95. The van der Waals surface area contributed by atoms with Crippen LogP contribution in [0.15, 0.2) is 54.9 Å². The van der Waals surface area contributed by atoms with Crippen molar-refractivity contribution < 1.29 is 14.3 Å². The molecule has 0 spiro atoms. The number of anilines is 2. The monoisotopic (exact) mass is 425 g/mol. The fourth-order valence-corrected chi connectivity index (χ4v) is 3.23. The summed E-state index contributed by atoms with van der Waals surface area (Å²) in [6.07, 6.45) is 2.91. The van der Waals surface area contributed by atoms with Gasteiger partial charge in [-0.05, 0) is 36.8 Å². The summed E-state index contributed by atoms with van der Waals surface area (Å²) in [6, 6.07) is 12.9. The number of pyridine rings is 1. The number of benzene rings is 1. The predicted molar refractivity (Wildman–Crippen MR) is 113 cm³/mol. The molecule has 1 fully saturated rings. The lowest BCUT2D eigenvalue weighted by atomic mass is 10.2. The van der Waals surface area contributed by atoms with Crippen molar-refractivity contribution in [1.29, 1.82) is 0 Å². The third-order valence-electron chi connectivity index (χ3n) is 4.58. The molecule has 0 saturated carbocycles. The largest absolute Gasteiger partial charge is 0.447 e. The quantitative estimate of drug-likeness (QED) is 0.449. The summed E-state index contributed by atoms with van der Waals surface area (Å²) in [5.74, 6) is 0.956. The summed E-state index contributed by atoms with van der Waals surface area (Å²) in [7, 11) is 0.